The molecule has 0 heterocycles. The van der Waals surface area contributed by atoms with Gasteiger partial charge in [0.05, 0.1) is 0 Å². The molecule has 16 atom stereocenters. The number of rotatable bonds is 20. The van der Waals surface area contributed by atoms with Gasteiger partial charge in [-0.2, -0.15) is 0 Å². The zero-order valence-corrected chi connectivity index (χ0v) is 99.3. The third-order valence-electron chi connectivity index (χ3n) is 30.5. The molecule has 12 heteroatoms. The van der Waals surface area contributed by atoms with Crippen LogP contribution < -0.4 is 0 Å². The second-order valence-electron chi connectivity index (χ2n) is 41.7. The van der Waals surface area contributed by atoms with Crippen molar-refractivity contribution in [1.29, 1.82) is 0 Å². The van der Waals surface area contributed by atoms with Gasteiger partial charge in [0.2, 0.25) is 0 Å². The predicted octanol–water partition coefficient (Wildman–Crippen LogP) is 40.4. The molecule has 14 aliphatic rings. The summed E-state index contributed by atoms with van der Waals surface area (Å²) in [6.07, 6.45) is 105. The molecule has 0 spiro atoms. The standard InChI is InChI=1S/C42H60.C32H48.C12H16.2C9H18.8CH3.8ClH.4Zr/c1-40(2,3)32-22-24-35-36-25-23-33(41(4,5)6)28-38(36)39(37(35)27-32)42(7,31-17-11-12-18-31)26-14-8-9-15-29-20-21-30-16-10-13-19-34(29)30;1-9-10-19-32(8,22-13-11-12-14-22)29-27-20-23(30(2,3)4)15-17-25(27)26-18-16-24(21-28(26)29)31(5,6)7;1-2-5-10-8-9-11-6-3-4-7-12(10)11;2*1-2-3-6-9-7-4-5-8-9;;;;;;;;;;;;;;;;;;;;/h8-10,13,16,19,22-25,27-31,34-39H,11-12,14-15,17-18,20-21,26H2,1-7H3;9,15-18,20-22,25-29H,1,10-14,19H2,2-8H3;2-4,6-7,10-12H,1,5,8-9H2;2*9H,2-8H2,1H3;8*1H3;8*1H;;;;/q;;;;;8*-1;;;;;;;;;4*+4/p-8/b9-8+;;;;;;;;;;;;;;;;;;;;;;;;. The first-order valence-corrected chi connectivity index (χ1v) is 71.7. The first kappa shape index (κ1) is 130. The van der Waals surface area contributed by atoms with E-state index in [-0.39, 0.29) is 81.1 Å². The third-order valence-corrected chi connectivity index (χ3v) is 30.5. The molecule has 124 heavy (non-hydrogen) atoms. The van der Waals surface area contributed by atoms with Gasteiger partial charge in [0.25, 0.3) is 0 Å². The number of unbranched alkanes of at least 4 members (excludes halogenated alkanes) is 2. The summed E-state index contributed by atoms with van der Waals surface area (Å²) in [7, 11) is 39.5. The molecule has 0 nitrogen and oxygen atoms in total. The summed E-state index contributed by atoms with van der Waals surface area (Å²) in [6, 6.07) is 0. The third kappa shape index (κ3) is 39.1. The maximum atomic E-state index is 4.93. The number of halogens is 8. The molecule has 0 aromatic heterocycles. The van der Waals surface area contributed by atoms with E-state index in [1.165, 1.54) is 199 Å². The van der Waals surface area contributed by atoms with E-state index in [9.17, 15) is 0 Å². The Morgan fingerprint density at radius 1 is 0.323 bits per heavy atom. The molecule has 16 unspecified atom stereocenters. The van der Waals surface area contributed by atoms with E-state index in [2.05, 4.69) is 270 Å². The summed E-state index contributed by atoms with van der Waals surface area (Å²) < 4.78 is 0. The molecule has 0 aliphatic heterocycles. The minimum absolute atomic E-state index is 0. The Morgan fingerprint density at radius 3 is 0.871 bits per heavy atom. The Labute approximate surface area is 849 Å². The fourth-order valence-corrected chi connectivity index (χ4v) is 24.2. The van der Waals surface area contributed by atoms with Crippen LogP contribution >= 0.6 is 68.1 Å². The second-order valence-corrected chi connectivity index (χ2v) is 56.7. The van der Waals surface area contributed by atoms with Crippen molar-refractivity contribution in [1.82, 2.24) is 0 Å². The van der Waals surface area contributed by atoms with E-state index < -0.39 is 83.4 Å². The van der Waals surface area contributed by atoms with Gasteiger partial charge in [0, 0.05) is 0 Å². The molecular formula is C112H184Cl8Zr4. The van der Waals surface area contributed by atoms with E-state index in [0.29, 0.717) is 70.0 Å². The van der Waals surface area contributed by atoms with Crippen LogP contribution in [0.15, 0.2) is 181 Å². The van der Waals surface area contributed by atoms with Crippen molar-refractivity contribution in [3.05, 3.63) is 241 Å². The number of hydrogen-bond donors (Lipinski definition) is 0. The molecule has 0 radical (unpaired) electrons. The number of hydrogen-bond acceptors (Lipinski definition) is 0. The van der Waals surface area contributed by atoms with Gasteiger partial charge < -0.3 is 59.4 Å². The Kier molecular flexibility index (Phi) is 69.7. The Hall–Kier alpha value is 1.95. The normalized spacial score (nSPS) is 28.7. The molecule has 0 aromatic carbocycles. The van der Waals surface area contributed by atoms with Crippen molar-refractivity contribution in [3.8, 4) is 0 Å². The summed E-state index contributed by atoms with van der Waals surface area (Å²) >= 11 is -3.30. The maximum absolute atomic E-state index is 4.93. The molecule has 8 saturated carbocycles. The Bertz CT molecular complexity index is 3140. The van der Waals surface area contributed by atoms with E-state index in [4.69, 9.17) is 68.1 Å². The zero-order chi connectivity index (χ0) is 85.3. The van der Waals surface area contributed by atoms with Crippen LogP contribution in [0.1, 0.15) is 316 Å². The van der Waals surface area contributed by atoms with Crippen LogP contribution in [0.3, 0.4) is 0 Å². The average Bonchev–Trinajstić information content (AvgIpc) is 1.57. The van der Waals surface area contributed by atoms with Crippen LogP contribution in [0.4, 0.5) is 0 Å². The van der Waals surface area contributed by atoms with Gasteiger partial charge in [-0.05, 0) is 263 Å². The van der Waals surface area contributed by atoms with E-state index in [0.717, 1.165) is 65.6 Å². The van der Waals surface area contributed by atoms with Crippen molar-refractivity contribution < 1.29 is 83.4 Å². The molecule has 8 fully saturated rings. The summed E-state index contributed by atoms with van der Waals surface area (Å²) in [5.74, 6) is 15.5. The van der Waals surface area contributed by atoms with E-state index in [1.54, 1.807) is 22.3 Å². The van der Waals surface area contributed by atoms with Gasteiger partial charge in [-0.15, -0.1) is 13.2 Å². The summed E-state index contributed by atoms with van der Waals surface area (Å²) in [6.45, 7) is 46.7. The van der Waals surface area contributed by atoms with Crippen LogP contribution in [0.25, 0.3) is 0 Å². The van der Waals surface area contributed by atoms with Crippen molar-refractivity contribution >= 4 is 68.1 Å². The fourth-order valence-electron chi connectivity index (χ4n) is 24.2. The van der Waals surface area contributed by atoms with Gasteiger partial charge in [0.1, 0.15) is 0 Å². The van der Waals surface area contributed by atoms with Crippen molar-refractivity contribution in [2.24, 2.45) is 151 Å². The molecule has 704 valence electrons. The zero-order valence-electron chi connectivity index (χ0n) is 83.5. The first-order chi connectivity index (χ1) is 55.4. The van der Waals surface area contributed by atoms with Gasteiger partial charge >= 0.3 is 151 Å². The number of allylic oxidation sites excluding steroid dienone is 28. The topological polar surface area (TPSA) is 0 Å². The Balaban J connectivity index is -0.00000156. The molecule has 14 aliphatic carbocycles. The first-order valence-electron chi connectivity index (χ1n) is 46.4. The summed E-state index contributed by atoms with van der Waals surface area (Å²) in [5, 5.41) is 0. The van der Waals surface area contributed by atoms with Gasteiger partial charge in [-0.25, -0.2) is 0 Å². The number of fused-ring (bicyclic) bond motifs is 8. The van der Waals surface area contributed by atoms with Gasteiger partial charge in [-0.1, -0.05) is 372 Å². The van der Waals surface area contributed by atoms with Gasteiger partial charge in [-0.3, -0.25) is 0 Å². The molecule has 0 saturated heterocycles. The predicted molar refractivity (Wildman–Crippen MR) is 556 cm³/mol. The quantitative estimate of drug-likeness (QED) is 0.0842. The molecule has 0 bridgehead atoms. The second kappa shape index (κ2) is 66.5. The van der Waals surface area contributed by atoms with Crippen molar-refractivity contribution in [3.63, 3.8) is 0 Å². The molecule has 0 amide bonds. The fraction of sp³-hybridized carbons (Fsp3) is 0.661. The van der Waals surface area contributed by atoms with Crippen LogP contribution in [-0.4, -0.2) is 0 Å². The van der Waals surface area contributed by atoms with E-state index in [1.807, 2.05) is 0 Å². The van der Waals surface area contributed by atoms with Crippen LogP contribution in [0, 0.1) is 210 Å². The monoisotopic (exact) mass is 2170 g/mol. The summed E-state index contributed by atoms with van der Waals surface area (Å²) in [4.78, 5) is 0. The Morgan fingerprint density at radius 2 is 0.597 bits per heavy atom. The molecular weight excluding hydrogens is 1990 g/mol. The van der Waals surface area contributed by atoms with Gasteiger partial charge in [0.15, 0.2) is 0 Å². The minimum atomic E-state index is -0.826. The van der Waals surface area contributed by atoms with Crippen LogP contribution in [0.5, 0.6) is 0 Å². The molecule has 0 aromatic rings. The van der Waals surface area contributed by atoms with Crippen LogP contribution in [-0.2, 0) is 83.4 Å². The van der Waals surface area contributed by atoms with Crippen molar-refractivity contribution in [2.75, 3.05) is 0 Å². The molecule has 0 N–H and O–H groups in total. The van der Waals surface area contributed by atoms with Crippen LogP contribution in [0.2, 0.25) is 0 Å². The SMILES string of the molecule is C=CCC1CCC2C=CC=CC21.C=CCCC(C)(C1CCCC1)C1C2C=C(C(C)(C)C)C=CC2C2C=CC(C(C)(C)C)=CC21.CC(C)(C)C1=CC2C(C=C1)C1C=CC(C(C)(C)C)=CC1C2C(C)(CC/C=C/CC1CCC2C=CC=CC21)C1CCCC1.CCCCC1CCCC1.CCCCC1CCCC1.[CH3-].[CH3-].[CH3-].[CH3-].[CH3-].[CH3-].[CH3-].[CH3-].[Cl][Zr+2][Cl].[Cl][Zr+2][Cl].[Cl][Zr+2][Cl].[Cl][Zr+2][Cl]. The van der Waals surface area contributed by atoms with Crippen molar-refractivity contribution in [2.45, 2.75) is 316 Å². The average molecular weight is 2180 g/mol. The summed E-state index contributed by atoms with van der Waals surface area (Å²) in [5.41, 5.74) is 7.80. The van der Waals surface area contributed by atoms with E-state index >= 15 is 0 Å². The molecule has 14 rings (SSSR count).